The molecule has 0 unspecified atom stereocenters. The monoisotopic (exact) mass is 283 g/mol. The van der Waals surface area contributed by atoms with Crippen molar-refractivity contribution in [3.05, 3.63) is 48.4 Å². The summed E-state index contributed by atoms with van der Waals surface area (Å²) >= 11 is 0. The average molecular weight is 283 g/mol. The van der Waals surface area contributed by atoms with E-state index in [1.165, 1.54) is 11.0 Å². The van der Waals surface area contributed by atoms with Crippen LogP contribution in [0.4, 0.5) is 5.95 Å². The summed E-state index contributed by atoms with van der Waals surface area (Å²) in [6.07, 6.45) is 3.13. The minimum Gasteiger partial charge on any atom is -0.459 e. The molecule has 2 N–H and O–H groups in total. The number of aromatic nitrogens is 4. The van der Waals surface area contributed by atoms with Gasteiger partial charge in [-0.1, -0.05) is 12.1 Å². The van der Waals surface area contributed by atoms with Crippen molar-refractivity contribution in [3.8, 4) is 0 Å². The lowest BCUT2D eigenvalue weighted by atomic mass is 10.1. The lowest BCUT2D eigenvalue weighted by molar-refractivity contribution is -0.145. The molecule has 2 heterocycles. The molecule has 0 aliphatic carbocycles. The number of ether oxygens (including phenoxy) is 1. The lowest BCUT2D eigenvalue weighted by Gasteiger charge is -2.06. The highest BCUT2D eigenvalue weighted by Gasteiger charge is 2.07. The standard InChI is InChI=1S/C14H13N5O2/c15-14-17-9-19(18-14)7-13(20)21-8-10-3-4-12-11(6-10)2-1-5-16-12/h1-6,9H,7-8H2,(H2,15,18). The van der Waals surface area contributed by atoms with Crippen LogP contribution in [0.15, 0.2) is 42.9 Å². The Labute approximate surface area is 120 Å². The van der Waals surface area contributed by atoms with E-state index in [0.717, 1.165) is 16.5 Å². The van der Waals surface area contributed by atoms with E-state index >= 15 is 0 Å². The summed E-state index contributed by atoms with van der Waals surface area (Å²) in [5.41, 5.74) is 7.18. The Hall–Kier alpha value is -2.96. The molecule has 0 fully saturated rings. The quantitative estimate of drug-likeness (QED) is 0.722. The van der Waals surface area contributed by atoms with Crippen molar-refractivity contribution in [1.29, 1.82) is 0 Å². The highest BCUT2D eigenvalue weighted by molar-refractivity contribution is 5.79. The van der Waals surface area contributed by atoms with Crippen LogP contribution in [0.5, 0.6) is 0 Å². The molecular formula is C14H13N5O2. The van der Waals surface area contributed by atoms with E-state index in [-0.39, 0.29) is 19.1 Å². The predicted octanol–water partition coefficient (Wildman–Crippen LogP) is 1.15. The Morgan fingerprint density at radius 2 is 2.19 bits per heavy atom. The largest absolute Gasteiger partial charge is 0.459 e. The number of nitrogens with two attached hydrogens (primary N) is 1. The first-order chi connectivity index (χ1) is 10.2. The molecule has 0 saturated carbocycles. The van der Waals surface area contributed by atoms with Gasteiger partial charge < -0.3 is 10.5 Å². The van der Waals surface area contributed by atoms with E-state index in [1.54, 1.807) is 6.20 Å². The smallest absolute Gasteiger partial charge is 0.328 e. The van der Waals surface area contributed by atoms with E-state index in [4.69, 9.17) is 10.5 Å². The van der Waals surface area contributed by atoms with Gasteiger partial charge in [0.1, 0.15) is 19.5 Å². The number of benzene rings is 1. The molecule has 3 aromatic rings. The van der Waals surface area contributed by atoms with Gasteiger partial charge >= 0.3 is 5.97 Å². The molecule has 0 aliphatic rings. The minimum absolute atomic E-state index is 0.0145. The number of rotatable bonds is 4. The number of nitrogens with zero attached hydrogens (tertiary/aromatic N) is 4. The van der Waals surface area contributed by atoms with Crippen molar-refractivity contribution in [2.45, 2.75) is 13.2 Å². The number of hydrogen-bond donors (Lipinski definition) is 1. The third-order valence-corrected chi connectivity index (χ3v) is 2.91. The minimum atomic E-state index is -0.397. The molecule has 0 radical (unpaired) electrons. The highest BCUT2D eigenvalue weighted by Crippen LogP contribution is 2.14. The van der Waals surface area contributed by atoms with E-state index in [9.17, 15) is 4.79 Å². The third kappa shape index (κ3) is 3.14. The summed E-state index contributed by atoms with van der Waals surface area (Å²) in [4.78, 5) is 19.7. The molecule has 1 aromatic carbocycles. The van der Waals surface area contributed by atoms with Gasteiger partial charge in [-0.2, -0.15) is 0 Å². The lowest BCUT2D eigenvalue weighted by Crippen LogP contribution is -2.14. The van der Waals surface area contributed by atoms with Crippen molar-refractivity contribution in [1.82, 2.24) is 19.7 Å². The van der Waals surface area contributed by atoms with Crippen molar-refractivity contribution < 1.29 is 9.53 Å². The molecular weight excluding hydrogens is 270 g/mol. The molecule has 0 saturated heterocycles. The zero-order valence-electron chi connectivity index (χ0n) is 11.1. The SMILES string of the molecule is Nc1ncn(CC(=O)OCc2ccc3ncccc3c2)n1. The van der Waals surface area contributed by atoms with Crippen molar-refractivity contribution in [3.63, 3.8) is 0 Å². The van der Waals surface area contributed by atoms with Crippen LogP contribution in [-0.2, 0) is 22.7 Å². The van der Waals surface area contributed by atoms with Crippen LogP contribution in [0.1, 0.15) is 5.56 Å². The first kappa shape index (κ1) is 13.0. The van der Waals surface area contributed by atoms with Gasteiger partial charge in [-0.25, -0.2) is 9.67 Å². The summed E-state index contributed by atoms with van der Waals surface area (Å²) in [7, 11) is 0. The molecule has 0 atom stereocenters. The van der Waals surface area contributed by atoms with Gasteiger partial charge in [0.05, 0.1) is 5.52 Å². The van der Waals surface area contributed by atoms with Crippen LogP contribution in [0.25, 0.3) is 10.9 Å². The summed E-state index contributed by atoms with van der Waals surface area (Å²) in [5, 5.41) is 4.83. The zero-order chi connectivity index (χ0) is 14.7. The van der Waals surface area contributed by atoms with E-state index in [0.29, 0.717) is 0 Å². The Morgan fingerprint density at radius 3 is 3.00 bits per heavy atom. The second-order valence-corrected chi connectivity index (χ2v) is 4.49. The van der Waals surface area contributed by atoms with Gasteiger partial charge in [0.15, 0.2) is 0 Å². The number of esters is 1. The van der Waals surface area contributed by atoms with Gasteiger partial charge in [-0.15, -0.1) is 5.10 Å². The van der Waals surface area contributed by atoms with Crippen LogP contribution in [-0.4, -0.2) is 25.7 Å². The fourth-order valence-corrected chi connectivity index (χ4v) is 1.94. The summed E-state index contributed by atoms with van der Waals surface area (Å²) in [6, 6.07) is 9.56. The van der Waals surface area contributed by atoms with Crippen molar-refractivity contribution >= 4 is 22.8 Å². The second kappa shape index (κ2) is 5.58. The summed E-state index contributed by atoms with van der Waals surface area (Å²) < 4.78 is 6.54. The number of anilines is 1. The third-order valence-electron chi connectivity index (χ3n) is 2.91. The molecule has 2 aromatic heterocycles. The number of hydrogen-bond acceptors (Lipinski definition) is 6. The van der Waals surface area contributed by atoms with Crippen LogP contribution >= 0.6 is 0 Å². The molecule has 0 amide bonds. The first-order valence-corrected chi connectivity index (χ1v) is 6.35. The number of fused-ring (bicyclic) bond motifs is 1. The fourth-order valence-electron chi connectivity index (χ4n) is 1.94. The molecule has 106 valence electrons. The normalized spacial score (nSPS) is 10.7. The predicted molar refractivity (Wildman–Crippen MR) is 76.0 cm³/mol. The van der Waals surface area contributed by atoms with Crippen molar-refractivity contribution in [2.75, 3.05) is 5.73 Å². The fraction of sp³-hybridized carbons (Fsp3) is 0.143. The number of carbonyl (C=O) groups is 1. The molecule has 0 aliphatic heterocycles. The zero-order valence-corrected chi connectivity index (χ0v) is 11.1. The van der Waals surface area contributed by atoms with Gasteiger partial charge in [-0.05, 0) is 23.8 Å². The molecule has 0 bridgehead atoms. The topological polar surface area (TPSA) is 95.9 Å². The number of nitrogen functional groups attached to an aromatic ring is 1. The maximum atomic E-state index is 11.7. The van der Waals surface area contributed by atoms with Crippen LogP contribution in [0.2, 0.25) is 0 Å². The Balaban J connectivity index is 1.61. The van der Waals surface area contributed by atoms with Crippen molar-refractivity contribution in [2.24, 2.45) is 0 Å². The maximum Gasteiger partial charge on any atom is 0.328 e. The van der Waals surface area contributed by atoms with Gasteiger partial charge in [0.25, 0.3) is 0 Å². The Bertz CT molecular complexity index is 784. The highest BCUT2D eigenvalue weighted by atomic mass is 16.5. The van der Waals surface area contributed by atoms with E-state index in [1.807, 2.05) is 30.3 Å². The molecule has 7 nitrogen and oxygen atoms in total. The van der Waals surface area contributed by atoms with E-state index < -0.39 is 5.97 Å². The first-order valence-electron chi connectivity index (χ1n) is 6.35. The average Bonchev–Trinajstić information content (AvgIpc) is 2.90. The van der Waals surface area contributed by atoms with Crippen LogP contribution < -0.4 is 5.73 Å². The Kier molecular flexibility index (Phi) is 3.46. The summed E-state index contributed by atoms with van der Waals surface area (Å²) in [6.45, 7) is 0.188. The number of pyridine rings is 1. The van der Waals surface area contributed by atoms with Crippen LogP contribution in [0.3, 0.4) is 0 Å². The number of carbonyl (C=O) groups excluding carboxylic acids is 1. The van der Waals surface area contributed by atoms with Gasteiger partial charge in [0.2, 0.25) is 5.95 Å². The molecule has 3 rings (SSSR count). The molecule has 0 spiro atoms. The molecule has 7 heteroatoms. The summed E-state index contributed by atoms with van der Waals surface area (Å²) in [5.74, 6) is -0.268. The maximum absolute atomic E-state index is 11.7. The van der Waals surface area contributed by atoms with Gasteiger partial charge in [-0.3, -0.25) is 9.78 Å². The van der Waals surface area contributed by atoms with Gasteiger partial charge in [0, 0.05) is 11.6 Å². The second-order valence-electron chi connectivity index (χ2n) is 4.49. The van der Waals surface area contributed by atoms with E-state index in [2.05, 4.69) is 15.1 Å². The molecule has 21 heavy (non-hydrogen) atoms. The van der Waals surface area contributed by atoms with Crippen LogP contribution in [0, 0.1) is 0 Å². The Morgan fingerprint density at radius 1 is 1.29 bits per heavy atom.